The molecule has 0 atom stereocenters. The third-order valence-electron chi connectivity index (χ3n) is 4.50. The van der Waals surface area contributed by atoms with Crippen molar-refractivity contribution >= 4 is 16.8 Å². The van der Waals surface area contributed by atoms with Crippen LogP contribution in [0.2, 0.25) is 0 Å². The van der Waals surface area contributed by atoms with Gasteiger partial charge in [0.25, 0.3) is 5.56 Å². The van der Waals surface area contributed by atoms with Crippen LogP contribution in [-0.4, -0.2) is 28.7 Å². The van der Waals surface area contributed by atoms with E-state index in [0.29, 0.717) is 28.9 Å². The number of ether oxygens (including phenoxy) is 1. The van der Waals surface area contributed by atoms with E-state index in [1.54, 1.807) is 43.5 Å². The molecule has 0 saturated carbocycles. The predicted octanol–water partition coefficient (Wildman–Crippen LogP) is 2.00. The van der Waals surface area contributed by atoms with Crippen molar-refractivity contribution in [3.63, 3.8) is 0 Å². The van der Waals surface area contributed by atoms with E-state index in [4.69, 9.17) is 4.74 Å². The Balaban J connectivity index is 2.24. The first kappa shape index (κ1) is 19.4. The molecule has 3 rings (SSSR count). The molecule has 1 N–H and O–H groups in total. The number of nitrogens with one attached hydrogen (secondary N) is 1. The average Bonchev–Trinajstić information content (AvgIpc) is 2.70. The summed E-state index contributed by atoms with van der Waals surface area (Å²) in [6.45, 7) is 4.20. The van der Waals surface area contributed by atoms with Gasteiger partial charge in [-0.3, -0.25) is 14.2 Å². The smallest absolute Gasteiger partial charge is 0.336 e. The fourth-order valence-electron chi connectivity index (χ4n) is 3.06. The molecular weight excluding hydrogens is 358 g/mol. The molecule has 0 unspecified atom stereocenters. The van der Waals surface area contributed by atoms with Crippen molar-refractivity contribution < 1.29 is 9.53 Å². The lowest BCUT2D eigenvalue weighted by Gasteiger charge is -2.15. The number of amides is 1. The summed E-state index contributed by atoms with van der Waals surface area (Å²) >= 11 is 0. The molecule has 7 nitrogen and oxygen atoms in total. The van der Waals surface area contributed by atoms with Crippen molar-refractivity contribution in [1.82, 2.24) is 14.5 Å². The van der Waals surface area contributed by atoms with Gasteiger partial charge in [0, 0.05) is 6.54 Å². The van der Waals surface area contributed by atoms with Gasteiger partial charge in [-0.25, -0.2) is 9.36 Å². The number of aromatic nitrogens is 2. The number of carbonyl (C=O) groups is 1. The first-order valence-corrected chi connectivity index (χ1v) is 9.13. The van der Waals surface area contributed by atoms with Crippen LogP contribution in [0.15, 0.2) is 52.1 Å². The highest BCUT2D eigenvalue weighted by molar-refractivity contribution is 5.82. The van der Waals surface area contributed by atoms with Gasteiger partial charge < -0.3 is 10.1 Å². The minimum absolute atomic E-state index is 0.158. The lowest BCUT2D eigenvalue weighted by Crippen LogP contribution is -2.42. The van der Waals surface area contributed by atoms with E-state index in [9.17, 15) is 14.4 Å². The SMILES string of the molecule is CCCNC(=O)Cn1c(=O)n(-c2ccc(OC)cc2)c(=O)c2cc(C)ccc21. The highest BCUT2D eigenvalue weighted by atomic mass is 16.5. The van der Waals surface area contributed by atoms with Crippen LogP contribution in [0.3, 0.4) is 0 Å². The summed E-state index contributed by atoms with van der Waals surface area (Å²) < 4.78 is 7.57. The van der Waals surface area contributed by atoms with Crippen LogP contribution in [0.5, 0.6) is 5.75 Å². The quantitative estimate of drug-likeness (QED) is 0.708. The molecule has 1 amide bonds. The van der Waals surface area contributed by atoms with Crippen molar-refractivity contribution in [2.75, 3.05) is 13.7 Å². The van der Waals surface area contributed by atoms with E-state index in [0.717, 1.165) is 16.6 Å². The average molecular weight is 381 g/mol. The Morgan fingerprint density at radius 2 is 1.82 bits per heavy atom. The van der Waals surface area contributed by atoms with E-state index in [-0.39, 0.29) is 12.5 Å². The molecule has 1 heterocycles. The van der Waals surface area contributed by atoms with Gasteiger partial charge in [0.05, 0.1) is 23.7 Å². The Morgan fingerprint density at radius 1 is 1.11 bits per heavy atom. The number of fused-ring (bicyclic) bond motifs is 1. The maximum absolute atomic E-state index is 13.2. The maximum Gasteiger partial charge on any atom is 0.336 e. The Bertz CT molecular complexity index is 1130. The van der Waals surface area contributed by atoms with Gasteiger partial charge in [0.2, 0.25) is 5.91 Å². The van der Waals surface area contributed by atoms with Crippen LogP contribution in [0.4, 0.5) is 0 Å². The van der Waals surface area contributed by atoms with Gasteiger partial charge in [0.1, 0.15) is 12.3 Å². The molecule has 0 aliphatic carbocycles. The molecule has 0 saturated heterocycles. The molecule has 0 aliphatic rings. The molecule has 0 radical (unpaired) electrons. The number of methoxy groups -OCH3 is 1. The van der Waals surface area contributed by atoms with Crippen molar-refractivity contribution in [1.29, 1.82) is 0 Å². The second kappa shape index (κ2) is 8.12. The van der Waals surface area contributed by atoms with Gasteiger partial charge in [0.15, 0.2) is 0 Å². The van der Waals surface area contributed by atoms with Crippen LogP contribution in [0, 0.1) is 6.92 Å². The van der Waals surface area contributed by atoms with Crippen molar-refractivity contribution in [3.05, 3.63) is 68.9 Å². The van der Waals surface area contributed by atoms with E-state index < -0.39 is 11.2 Å². The molecular formula is C21H23N3O4. The fraction of sp³-hybridized carbons (Fsp3) is 0.286. The molecule has 1 aromatic heterocycles. The van der Waals surface area contributed by atoms with Crippen LogP contribution < -0.4 is 21.3 Å². The van der Waals surface area contributed by atoms with Gasteiger partial charge in [-0.05, 0) is 49.7 Å². The molecule has 0 aliphatic heterocycles. The van der Waals surface area contributed by atoms with E-state index >= 15 is 0 Å². The van der Waals surface area contributed by atoms with E-state index in [2.05, 4.69) is 5.32 Å². The van der Waals surface area contributed by atoms with Crippen LogP contribution in [0.1, 0.15) is 18.9 Å². The van der Waals surface area contributed by atoms with Crippen LogP contribution in [0.25, 0.3) is 16.6 Å². The number of carbonyl (C=O) groups excluding carboxylic acids is 1. The number of rotatable bonds is 6. The number of benzene rings is 2. The summed E-state index contributed by atoms with van der Waals surface area (Å²) in [6, 6.07) is 11.9. The Morgan fingerprint density at radius 3 is 2.46 bits per heavy atom. The van der Waals surface area contributed by atoms with Crippen molar-refractivity contribution in [2.24, 2.45) is 0 Å². The highest BCUT2D eigenvalue weighted by Crippen LogP contribution is 2.15. The summed E-state index contributed by atoms with van der Waals surface area (Å²) in [7, 11) is 1.54. The topological polar surface area (TPSA) is 82.3 Å². The number of nitrogens with zero attached hydrogens (tertiary/aromatic N) is 2. The van der Waals surface area contributed by atoms with E-state index in [1.807, 2.05) is 19.9 Å². The molecule has 28 heavy (non-hydrogen) atoms. The summed E-state index contributed by atoms with van der Waals surface area (Å²) in [5.74, 6) is 0.346. The molecule has 146 valence electrons. The zero-order chi connectivity index (χ0) is 20.3. The number of hydrogen-bond donors (Lipinski definition) is 1. The molecule has 2 aromatic carbocycles. The maximum atomic E-state index is 13.2. The Hall–Kier alpha value is -3.35. The highest BCUT2D eigenvalue weighted by Gasteiger charge is 2.16. The Kier molecular flexibility index (Phi) is 5.63. The number of aryl methyl sites for hydroxylation is 1. The summed E-state index contributed by atoms with van der Waals surface area (Å²) in [6.07, 6.45) is 0.798. The monoisotopic (exact) mass is 381 g/mol. The Labute approximate surface area is 162 Å². The van der Waals surface area contributed by atoms with E-state index in [1.165, 1.54) is 4.57 Å². The number of hydrogen-bond acceptors (Lipinski definition) is 4. The van der Waals surface area contributed by atoms with Gasteiger partial charge >= 0.3 is 5.69 Å². The molecule has 0 bridgehead atoms. The molecule has 7 heteroatoms. The standard InChI is InChI=1S/C21H23N3O4/c1-4-11-22-19(25)13-23-18-10-5-14(2)12-17(18)20(26)24(21(23)27)15-6-8-16(28-3)9-7-15/h5-10,12H,4,11,13H2,1-3H3,(H,22,25). The van der Waals surface area contributed by atoms with Crippen LogP contribution >= 0.6 is 0 Å². The fourth-order valence-corrected chi connectivity index (χ4v) is 3.06. The minimum atomic E-state index is -0.557. The third kappa shape index (κ3) is 3.69. The zero-order valence-electron chi connectivity index (χ0n) is 16.2. The summed E-state index contributed by atoms with van der Waals surface area (Å²) in [4.78, 5) is 38.5. The second-order valence-corrected chi connectivity index (χ2v) is 6.58. The molecule has 0 spiro atoms. The first-order chi connectivity index (χ1) is 13.5. The predicted molar refractivity (Wildman–Crippen MR) is 108 cm³/mol. The van der Waals surface area contributed by atoms with Gasteiger partial charge in [-0.1, -0.05) is 18.6 Å². The van der Waals surface area contributed by atoms with Crippen molar-refractivity contribution in [3.8, 4) is 11.4 Å². The van der Waals surface area contributed by atoms with Crippen LogP contribution in [-0.2, 0) is 11.3 Å². The molecule has 3 aromatic rings. The normalized spacial score (nSPS) is 10.8. The lowest BCUT2D eigenvalue weighted by atomic mass is 10.1. The lowest BCUT2D eigenvalue weighted by molar-refractivity contribution is -0.121. The summed E-state index contributed by atoms with van der Waals surface area (Å²) in [5.41, 5.74) is 0.780. The third-order valence-corrected chi connectivity index (χ3v) is 4.50. The summed E-state index contributed by atoms with van der Waals surface area (Å²) in [5, 5.41) is 3.16. The zero-order valence-corrected chi connectivity index (χ0v) is 16.2. The molecule has 0 fully saturated rings. The van der Waals surface area contributed by atoms with Crippen molar-refractivity contribution in [2.45, 2.75) is 26.8 Å². The first-order valence-electron chi connectivity index (χ1n) is 9.13. The largest absolute Gasteiger partial charge is 0.497 e. The van der Waals surface area contributed by atoms with Gasteiger partial charge in [-0.2, -0.15) is 0 Å². The van der Waals surface area contributed by atoms with Gasteiger partial charge in [-0.15, -0.1) is 0 Å². The minimum Gasteiger partial charge on any atom is -0.497 e. The second-order valence-electron chi connectivity index (χ2n) is 6.58.